The number of ketones is 1. The third kappa shape index (κ3) is 10.9. The fourth-order valence-electron chi connectivity index (χ4n) is 5.77. The number of hydrogen-bond acceptors (Lipinski definition) is 13. The molecule has 2 atom stereocenters. The van der Waals surface area contributed by atoms with Crippen molar-refractivity contribution in [2.45, 2.75) is 29.0 Å². The van der Waals surface area contributed by atoms with Crippen molar-refractivity contribution in [3.8, 4) is 0 Å². The zero-order valence-corrected chi connectivity index (χ0v) is 33.1. The first-order valence-electron chi connectivity index (χ1n) is 17.4. The summed E-state index contributed by atoms with van der Waals surface area (Å²) >= 11 is 5.21. The van der Waals surface area contributed by atoms with Crippen LogP contribution in [-0.2, 0) is 29.3 Å². The van der Waals surface area contributed by atoms with Gasteiger partial charge in [0, 0.05) is 73.5 Å². The van der Waals surface area contributed by atoms with Gasteiger partial charge in [0.15, 0.2) is 5.78 Å². The summed E-state index contributed by atoms with van der Waals surface area (Å²) in [7, 11) is -0.549. The number of likely N-dealkylation sites (tertiary alicyclic amines) is 1. The molecule has 5 rings (SSSR count). The van der Waals surface area contributed by atoms with E-state index in [4.69, 9.17) is 0 Å². The predicted octanol–water partition coefficient (Wildman–Crippen LogP) is 4.64. The highest BCUT2D eigenvalue weighted by molar-refractivity contribution is 8.00. The molecule has 4 aromatic rings. The Hall–Kier alpha value is -5.30. The molecule has 56 heavy (non-hydrogen) atoms. The van der Waals surface area contributed by atoms with Crippen molar-refractivity contribution in [3.63, 3.8) is 0 Å². The number of benzene rings is 4. The maximum absolute atomic E-state index is 13.2. The number of nitrogens with zero attached hydrogens (tertiary/aromatic N) is 4. The second-order valence-corrected chi connectivity index (χ2v) is 15.9. The maximum atomic E-state index is 13.2. The number of fused-ring (bicyclic) bond motifs is 1. The fraction of sp³-hybridized carbons (Fsp3) is 0.289. The van der Waals surface area contributed by atoms with E-state index < -0.39 is 51.6 Å². The summed E-state index contributed by atoms with van der Waals surface area (Å²) in [5, 5.41) is 17.0. The number of azo groups is 1. The monoisotopic (exact) mass is 819 g/mol. The lowest BCUT2D eigenvalue weighted by atomic mass is 10.1. The van der Waals surface area contributed by atoms with Gasteiger partial charge in [-0.15, -0.1) is 11.8 Å². The van der Waals surface area contributed by atoms with Crippen LogP contribution in [0.1, 0.15) is 23.2 Å². The van der Waals surface area contributed by atoms with Gasteiger partial charge in [-0.1, -0.05) is 24.3 Å². The van der Waals surface area contributed by atoms with Crippen molar-refractivity contribution in [3.05, 3.63) is 90.5 Å². The topological polar surface area (TPSA) is 207 Å². The molecule has 18 heteroatoms. The Bertz CT molecular complexity index is 2230. The van der Waals surface area contributed by atoms with Gasteiger partial charge in [0.25, 0.3) is 16.0 Å². The standard InChI is InChI=1S/C38H41N7O8S3/c1-44(2)27-15-13-26(14-16-27)43-42-25-11-9-24(10-12-25)37(49)41-31(32(46)17-20-54)23-55-33-21-36(48)45(38(33)50)22-35(47)40-19-18-39-30-7-3-6-29-28(30)5-4-8-34(29)56(51,52)53/h3-16,31,33,39,54H,17-23H2,1-2H3,(H,40,47)(H,41,49)(H,51,52,53). The van der Waals surface area contributed by atoms with Crippen LogP contribution in [0, 0.1) is 0 Å². The van der Waals surface area contributed by atoms with Crippen molar-refractivity contribution in [1.29, 1.82) is 0 Å². The summed E-state index contributed by atoms with van der Waals surface area (Å²) in [6.07, 6.45) is -0.0868. The van der Waals surface area contributed by atoms with Gasteiger partial charge in [0.2, 0.25) is 17.7 Å². The number of anilines is 2. The van der Waals surface area contributed by atoms with Crippen LogP contribution in [0.15, 0.2) is 100 Å². The number of rotatable bonds is 18. The van der Waals surface area contributed by atoms with E-state index in [2.05, 4.69) is 38.8 Å². The minimum Gasteiger partial charge on any atom is -0.383 e. The average molecular weight is 820 g/mol. The van der Waals surface area contributed by atoms with Gasteiger partial charge in [-0.05, 0) is 66.4 Å². The van der Waals surface area contributed by atoms with Crippen molar-refractivity contribution in [2.75, 3.05) is 55.5 Å². The molecule has 4 aromatic carbocycles. The normalized spacial score (nSPS) is 14.9. The molecule has 1 saturated heterocycles. The maximum Gasteiger partial charge on any atom is 0.295 e. The van der Waals surface area contributed by atoms with Crippen LogP contribution in [-0.4, -0.2) is 104 Å². The first-order chi connectivity index (χ1) is 26.7. The number of thioether (sulfide) groups is 1. The van der Waals surface area contributed by atoms with E-state index in [1.54, 1.807) is 48.5 Å². The molecule has 0 aromatic heterocycles. The Morgan fingerprint density at radius 1 is 0.929 bits per heavy atom. The van der Waals surface area contributed by atoms with E-state index >= 15 is 0 Å². The van der Waals surface area contributed by atoms with Gasteiger partial charge in [0.05, 0.1) is 22.7 Å². The lowest BCUT2D eigenvalue weighted by Crippen LogP contribution is -2.44. The highest BCUT2D eigenvalue weighted by atomic mass is 32.2. The van der Waals surface area contributed by atoms with E-state index in [0.29, 0.717) is 27.8 Å². The van der Waals surface area contributed by atoms with Crippen LogP contribution in [0.4, 0.5) is 22.7 Å². The van der Waals surface area contributed by atoms with Gasteiger partial charge < -0.3 is 20.9 Å². The third-order valence-electron chi connectivity index (χ3n) is 8.72. The molecule has 294 valence electrons. The van der Waals surface area contributed by atoms with E-state index in [9.17, 15) is 36.9 Å². The van der Waals surface area contributed by atoms with E-state index in [1.165, 1.54) is 12.1 Å². The van der Waals surface area contributed by atoms with Gasteiger partial charge >= 0.3 is 0 Å². The van der Waals surface area contributed by atoms with Gasteiger partial charge in [-0.3, -0.25) is 33.4 Å². The molecule has 0 radical (unpaired) electrons. The Kier molecular flexibility index (Phi) is 14.2. The Labute approximate surface area is 333 Å². The van der Waals surface area contributed by atoms with Crippen LogP contribution in [0.25, 0.3) is 10.8 Å². The Morgan fingerprint density at radius 3 is 2.21 bits per heavy atom. The zero-order chi connectivity index (χ0) is 40.4. The van der Waals surface area contributed by atoms with Crippen molar-refractivity contribution in [2.24, 2.45) is 10.2 Å². The minimum absolute atomic E-state index is 0.0204. The molecule has 0 spiro atoms. The smallest absolute Gasteiger partial charge is 0.295 e. The molecule has 0 bridgehead atoms. The van der Waals surface area contributed by atoms with E-state index in [1.807, 2.05) is 43.3 Å². The van der Waals surface area contributed by atoms with Crippen molar-refractivity contribution >= 4 is 97.4 Å². The summed E-state index contributed by atoms with van der Waals surface area (Å²) in [4.78, 5) is 67.4. The number of carbonyl (C=O) groups is 5. The molecule has 1 heterocycles. The van der Waals surface area contributed by atoms with E-state index in [0.717, 1.165) is 22.3 Å². The molecular weight excluding hydrogens is 779 g/mol. The highest BCUT2D eigenvalue weighted by Gasteiger charge is 2.40. The summed E-state index contributed by atoms with van der Waals surface area (Å²) in [5.41, 5.74) is 3.08. The van der Waals surface area contributed by atoms with Gasteiger partial charge in [-0.25, -0.2) is 0 Å². The molecule has 1 aliphatic heterocycles. The second-order valence-electron chi connectivity index (χ2n) is 12.9. The molecule has 4 N–H and O–H groups in total. The second kappa shape index (κ2) is 19.0. The fourth-order valence-corrected chi connectivity index (χ4v) is 7.92. The predicted molar refractivity (Wildman–Crippen MR) is 219 cm³/mol. The van der Waals surface area contributed by atoms with Gasteiger partial charge in [0.1, 0.15) is 11.4 Å². The third-order valence-corrected chi connectivity index (χ3v) is 11.2. The van der Waals surface area contributed by atoms with Crippen LogP contribution in [0.5, 0.6) is 0 Å². The van der Waals surface area contributed by atoms with Crippen LogP contribution >= 0.6 is 24.4 Å². The van der Waals surface area contributed by atoms with Crippen LogP contribution in [0.3, 0.4) is 0 Å². The number of amides is 4. The number of imide groups is 1. The molecule has 0 aliphatic carbocycles. The number of Topliss-reactive ketones (excluding diaryl/α,β-unsaturated/α-hetero) is 1. The molecule has 4 amide bonds. The average Bonchev–Trinajstić information content (AvgIpc) is 3.44. The summed E-state index contributed by atoms with van der Waals surface area (Å²) in [6, 6.07) is 22.4. The largest absolute Gasteiger partial charge is 0.383 e. The molecule has 1 fully saturated rings. The molecule has 1 aliphatic rings. The lowest BCUT2D eigenvalue weighted by molar-refractivity contribution is -0.142. The van der Waals surface area contributed by atoms with Crippen molar-refractivity contribution < 1.29 is 36.9 Å². The molecule has 0 saturated carbocycles. The summed E-state index contributed by atoms with van der Waals surface area (Å²) < 4.78 is 33.1. The quantitative estimate of drug-likeness (QED) is 0.0307. The van der Waals surface area contributed by atoms with Gasteiger partial charge in [-0.2, -0.15) is 31.3 Å². The van der Waals surface area contributed by atoms with Crippen LogP contribution in [0.2, 0.25) is 0 Å². The summed E-state index contributed by atoms with van der Waals surface area (Å²) in [5.74, 6) is -2.17. The highest BCUT2D eigenvalue weighted by Crippen LogP contribution is 2.29. The minimum atomic E-state index is -4.44. The Balaban J connectivity index is 1.10. The SMILES string of the molecule is CN(C)c1ccc(N=Nc2ccc(C(=O)NC(CSC3CC(=O)N(CC(=O)NCCNc4cccc5c(S(=O)(=O)O)cccc45)C3=O)C(=O)CCS)cc2)cc1. The number of thiol groups is 1. The molecular formula is C38H41N7O8S3. The Morgan fingerprint density at radius 2 is 1.57 bits per heavy atom. The first kappa shape index (κ1) is 41.9. The lowest BCUT2D eigenvalue weighted by Gasteiger charge is -2.19. The number of hydrogen-bond donors (Lipinski definition) is 5. The molecule has 15 nitrogen and oxygen atoms in total. The number of carbonyl (C=O) groups excluding carboxylic acids is 5. The molecule has 2 unspecified atom stereocenters. The van der Waals surface area contributed by atoms with E-state index in [-0.39, 0.29) is 53.7 Å². The van der Waals surface area contributed by atoms with Crippen molar-refractivity contribution in [1.82, 2.24) is 15.5 Å². The summed E-state index contributed by atoms with van der Waals surface area (Å²) in [6.45, 7) is -0.136. The number of nitrogens with one attached hydrogen (secondary N) is 3. The first-order valence-corrected chi connectivity index (χ1v) is 20.6. The zero-order valence-electron chi connectivity index (χ0n) is 30.5. The van der Waals surface area contributed by atoms with Crippen LogP contribution < -0.4 is 20.9 Å².